The fourth-order valence-corrected chi connectivity index (χ4v) is 3.13. The molecule has 5 heteroatoms. The van der Waals surface area contributed by atoms with Gasteiger partial charge in [0.1, 0.15) is 0 Å². The van der Waals surface area contributed by atoms with E-state index in [0.29, 0.717) is 5.56 Å². The summed E-state index contributed by atoms with van der Waals surface area (Å²) in [5.41, 5.74) is 5.91. The Morgan fingerprint density at radius 1 is 0.690 bits per heavy atom. The van der Waals surface area contributed by atoms with Crippen LogP contribution in [-0.2, 0) is 16.0 Å². The highest BCUT2D eigenvalue weighted by atomic mass is 16.4. The summed E-state index contributed by atoms with van der Waals surface area (Å²) in [7, 11) is 0. The first kappa shape index (κ1) is 20.1. The number of carboxylic acid groups (broad SMARTS) is 2. The lowest BCUT2D eigenvalue weighted by Gasteiger charge is -2.26. The van der Waals surface area contributed by atoms with E-state index in [0.717, 1.165) is 17.1 Å². The Kier molecular flexibility index (Phi) is 5.98. The molecule has 0 aliphatic rings. The second-order valence-electron chi connectivity index (χ2n) is 7.11. The molecule has 0 saturated carbocycles. The van der Waals surface area contributed by atoms with Crippen molar-refractivity contribution in [3.05, 3.63) is 89.5 Å². The molecule has 0 unspecified atom stereocenters. The van der Waals surface area contributed by atoms with Gasteiger partial charge in [-0.2, -0.15) is 0 Å². The van der Waals surface area contributed by atoms with Crippen LogP contribution >= 0.6 is 0 Å². The van der Waals surface area contributed by atoms with Crippen molar-refractivity contribution < 1.29 is 19.8 Å². The minimum absolute atomic E-state index is 0.0555. The van der Waals surface area contributed by atoms with Crippen LogP contribution in [0.25, 0.3) is 0 Å². The first-order valence-corrected chi connectivity index (χ1v) is 9.33. The third-order valence-electron chi connectivity index (χ3n) is 4.81. The number of anilines is 3. The van der Waals surface area contributed by atoms with Crippen LogP contribution in [0.5, 0.6) is 0 Å². The Balaban J connectivity index is 1.96. The number of hydrogen-bond acceptors (Lipinski definition) is 3. The van der Waals surface area contributed by atoms with Gasteiger partial charge in [0.15, 0.2) is 5.92 Å². The van der Waals surface area contributed by atoms with Crippen molar-refractivity contribution in [3.8, 4) is 0 Å². The molecule has 0 aliphatic carbocycles. The molecule has 0 heterocycles. The molecule has 2 N–H and O–H groups in total. The molecule has 0 radical (unpaired) electrons. The van der Waals surface area contributed by atoms with Crippen LogP contribution in [0.2, 0.25) is 0 Å². The van der Waals surface area contributed by atoms with Gasteiger partial charge >= 0.3 is 11.9 Å². The van der Waals surface area contributed by atoms with E-state index < -0.39 is 17.9 Å². The predicted molar refractivity (Wildman–Crippen MR) is 113 cm³/mol. The monoisotopic (exact) mass is 389 g/mol. The zero-order chi connectivity index (χ0) is 21.0. The van der Waals surface area contributed by atoms with Gasteiger partial charge in [0.05, 0.1) is 0 Å². The minimum Gasteiger partial charge on any atom is -0.481 e. The van der Waals surface area contributed by atoms with E-state index in [4.69, 9.17) is 10.2 Å². The van der Waals surface area contributed by atoms with Crippen molar-refractivity contribution >= 4 is 29.0 Å². The number of aryl methyl sites for hydroxylation is 2. The number of aliphatic carboxylic acids is 2. The Morgan fingerprint density at radius 2 is 1.03 bits per heavy atom. The SMILES string of the molecule is Cc1ccc(N(c2ccc(C)cc2)c2ccc(CC(C(=O)O)C(=O)O)cc2)cc1. The Morgan fingerprint density at radius 3 is 1.38 bits per heavy atom. The summed E-state index contributed by atoms with van der Waals surface area (Å²) in [6.45, 7) is 4.08. The maximum absolute atomic E-state index is 11.2. The van der Waals surface area contributed by atoms with Gasteiger partial charge in [-0.3, -0.25) is 9.59 Å². The quantitative estimate of drug-likeness (QED) is 0.550. The average Bonchev–Trinajstić information content (AvgIpc) is 2.70. The number of hydrogen-bond donors (Lipinski definition) is 2. The van der Waals surface area contributed by atoms with Crippen LogP contribution in [0.4, 0.5) is 17.1 Å². The van der Waals surface area contributed by atoms with Crippen LogP contribution in [0.15, 0.2) is 72.8 Å². The van der Waals surface area contributed by atoms with Crippen LogP contribution in [-0.4, -0.2) is 22.2 Å². The van der Waals surface area contributed by atoms with Gasteiger partial charge in [0.25, 0.3) is 0 Å². The van der Waals surface area contributed by atoms with E-state index in [9.17, 15) is 9.59 Å². The molecule has 3 aromatic carbocycles. The van der Waals surface area contributed by atoms with E-state index in [-0.39, 0.29) is 6.42 Å². The van der Waals surface area contributed by atoms with Crippen LogP contribution in [0.1, 0.15) is 16.7 Å². The molecule has 0 amide bonds. The molecule has 0 aromatic heterocycles. The molecule has 0 spiro atoms. The summed E-state index contributed by atoms with van der Waals surface area (Å²) >= 11 is 0. The lowest BCUT2D eigenvalue weighted by Crippen LogP contribution is -2.25. The van der Waals surface area contributed by atoms with Gasteiger partial charge < -0.3 is 15.1 Å². The molecule has 0 fully saturated rings. The lowest BCUT2D eigenvalue weighted by atomic mass is 9.99. The number of carboxylic acids is 2. The molecular formula is C24H23NO4. The molecular weight excluding hydrogens is 366 g/mol. The Bertz CT molecular complexity index is 933. The van der Waals surface area contributed by atoms with E-state index in [1.165, 1.54) is 11.1 Å². The Labute approximate surface area is 169 Å². The fraction of sp³-hybridized carbons (Fsp3) is 0.167. The summed E-state index contributed by atoms with van der Waals surface area (Å²) < 4.78 is 0. The van der Waals surface area contributed by atoms with Crippen LogP contribution in [0.3, 0.4) is 0 Å². The van der Waals surface area contributed by atoms with Gasteiger partial charge in [-0.25, -0.2) is 0 Å². The first-order valence-electron chi connectivity index (χ1n) is 9.33. The van der Waals surface area contributed by atoms with Crippen molar-refractivity contribution in [2.24, 2.45) is 5.92 Å². The Hall–Kier alpha value is -3.60. The fourth-order valence-electron chi connectivity index (χ4n) is 3.13. The topological polar surface area (TPSA) is 77.8 Å². The molecule has 0 aliphatic heterocycles. The van der Waals surface area contributed by atoms with E-state index in [1.54, 1.807) is 12.1 Å². The van der Waals surface area contributed by atoms with Gasteiger partial charge in [-0.1, -0.05) is 47.5 Å². The summed E-state index contributed by atoms with van der Waals surface area (Å²) in [6.07, 6.45) is -0.0555. The van der Waals surface area contributed by atoms with Crippen molar-refractivity contribution in [1.29, 1.82) is 0 Å². The standard InChI is InChI=1S/C24H23NO4/c1-16-3-9-19(10-4-16)25(20-11-5-17(2)6-12-20)21-13-7-18(8-14-21)15-22(23(26)27)24(28)29/h3-14,22H,15H2,1-2H3,(H,26,27)(H,28,29). The summed E-state index contributed by atoms with van der Waals surface area (Å²) in [6, 6.07) is 23.7. The third kappa shape index (κ3) is 4.82. The normalized spacial score (nSPS) is 10.7. The van der Waals surface area contributed by atoms with E-state index in [2.05, 4.69) is 29.2 Å². The van der Waals surface area contributed by atoms with E-state index in [1.807, 2.05) is 50.2 Å². The molecule has 29 heavy (non-hydrogen) atoms. The van der Waals surface area contributed by atoms with Crippen molar-refractivity contribution in [2.45, 2.75) is 20.3 Å². The van der Waals surface area contributed by atoms with Crippen molar-refractivity contribution in [3.63, 3.8) is 0 Å². The second kappa shape index (κ2) is 8.61. The van der Waals surface area contributed by atoms with Gasteiger partial charge in [0.2, 0.25) is 0 Å². The summed E-state index contributed by atoms with van der Waals surface area (Å²) in [5.74, 6) is -4.11. The molecule has 148 valence electrons. The summed E-state index contributed by atoms with van der Waals surface area (Å²) in [5, 5.41) is 18.2. The molecule has 0 saturated heterocycles. The molecule has 0 atom stereocenters. The number of rotatable bonds is 7. The van der Waals surface area contributed by atoms with Crippen LogP contribution in [0, 0.1) is 19.8 Å². The average molecular weight is 389 g/mol. The highest BCUT2D eigenvalue weighted by Crippen LogP contribution is 2.34. The zero-order valence-corrected chi connectivity index (χ0v) is 16.4. The maximum Gasteiger partial charge on any atom is 0.318 e. The summed E-state index contributed by atoms with van der Waals surface area (Å²) in [4.78, 5) is 24.4. The number of nitrogens with zero attached hydrogens (tertiary/aromatic N) is 1. The second-order valence-corrected chi connectivity index (χ2v) is 7.11. The highest BCUT2D eigenvalue weighted by Gasteiger charge is 2.26. The molecule has 0 bridgehead atoms. The van der Waals surface area contributed by atoms with E-state index >= 15 is 0 Å². The predicted octanol–water partition coefficient (Wildman–Crippen LogP) is 5.10. The molecule has 5 nitrogen and oxygen atoms in total. The van der Waals surface area contributed by atoms with Crippen LogP contribution < -0.4 is 4.90 Å². The smallest absolute Gasteiger partial charge is 0.318 e. The van der Waals surface area contributed by atoms with Gasteiger partial charge in [0, 0.05) is 17.1 Å². The van der Waals surface area contributed by atoms with Crippen molar-refractivity contribution in [2.75, 3.05) is 4.90 Å². The van der Waals surface area contributed by atoms with Crippen molar-refractivity contribution in [1.82, 2.24) is 0 Å². The maximum atomic E-state index is 11.2. The number of carbonyl (C=O) groups is 2. The van der Waals surface area contributed by atoms with Gasteiger partial charge in [-0.05, 0) is 62.2 Å². The minimum atomic E-state index is -1.45. The third-order valence-corrected chi connectivity index (χ3v) is 4.81. The van der Waals surface area contributed by atoms with Gasteiger partial charge in [-0.15, -0.1) is 0 Å². The molecule has 3 aromatic rings. The largest absolute Gasteiger partial charge is 0.481 e. The molecule has 3 rings (SSSR count). The first-order chi connectivity index (χ1) is 13.8. The number of benzene rings is 3. The highest BCUT2D eigenvalue weighted by molar-refractivity contribution is 5.93. The lowest BCUT2D eigenvalue weighted by molar-refractivity contribution is -0.154. The zero-order valence-electron chi connectivity index (χ0n) is 16.4.